The molecule has 0 radical (unpaired) electrons. The van der Waals surface area contributed by atoms with E-state index < -0.39 is 6.10 Å². The van der Waals surface area contributed by atoms with E-state index in [0.717, 1.165) is 25.7 Å². The lowest BCUT2D eigenvalue weighted by Gasteiger charge is -2.59. The van der Waals surface area contributed by atoms with Gasteiger partial charge in [-0.1, -0.05) is 13.8 Å². The summed E-state index contributed by atoms with van der Waals surface area (Å²) in [6.07, 6.45) is 4.35. The van der Waals surface area contributed by atoms with Crippen LogP contribution >= 0.6 is 0 Å². The van der Waals surface area contributed by atoms with Crippen LogP contribution in [0.5, 0.6) is 0 Å². The summed E-state index contributed by atoms with van der Waals surface area (Å²) >= 11 is 0. The largest absolute Gasteiger partial charge is 0.385 e. The Morgan fingerprint density at radius 2 is 1.68 bits per heavy atom. The van der Waals surface area contributed by atoms with Crippen molar-refractivity contribution in [2.45, 2.75) is 71.8 Å². The van der Waals surface area contributed by atoms with Crippen molar-refractivity contribution in [2.75, 3.05) is 0 Å². The zero-order valence-corrected chi connectivity index (χ0v) is 15.6. The number of Topliss-reactive ketones (excluding diaryl/α,β-unsaturated/α-hetero) is 3. The van der Waals surface area contributed by atoms with Gasteiger partial charge in [-0.25, -0.2) is 0 Å². The van der Waals surface area contributed by atoms with E-state index in [0.29, 0.717) is 36.4 Å². The quantitative estimate of drug-likeness (QED) is 0.792. The fourth-order valence-corrected chi connectivity index (χ4v) is 7.57. The highest BCUT2D eigenvalue weighted by atomic mass is 16.3. The topological polar surface area (TPSA) is 71.4 Å². The summed E-state index contributed by atoms with van der Waals surface area (Å²) in [7, 11) is 0. The Morgan fingerprint density at radius 1 is 1.00 bits per heavy atom. The minimum absolute atomic E-state index is 0.0274. The molecule has 4 nitrogen and oxygen atoms in total. The van der Waals surface area contributed by atoms with E-state index in [1.807, 2.05) is 0 Å². The fraction of sp³-hybridized carbons (Fsp3) is 0.857. The van der Waals surface area contributed by atoms with Crippen LogP contribution in [0.4, 0.5) is 0 Å². The Hall–Kier alpha value is -1.03. The molecule has 0 aromatic heterocycles. The van der Waals surface area contributed by atoms with E-state index >= 15 is 0 Å². The molecule has 4 saturated carbocycles. The number of hydrogen-bond acceptors (Lipinski definition) is 4. The second kappa shape index (κ2) is 5.48. The maximum Gasteiger partial charge on any atom is 0.162 e. The maximum atomic E-state index is 12.9. The van der Waals surface area contributed by atoms with Gasteiger partial charge in [0.2, 0.25) is 0 Å². The summed E-state index contributed by atoms with van der Waals surface area (Å²) in [4.78, 5) is 37.1. The van der Waals surface area contributed by atoms with Crippen molar-refractivity contribution in [1.29, 1.82) is 0 Å². The molecule has 138 valence electrons. The average Bonchev–Trinajstić information content (AvgIpc) is 2.88. The first kappa shape index (κ1) is 17.4. The van der Waals surface area contributed by atoms with Crippen LogP contribution < -0.4 is 0 Å². The molecule has 4 aliphatic rings. The molecule has 25 heavy (non-hydrogen) atoms. The van der Waals surface area contributed by atoms with E-state index in [-0.39, 0.29) is 40.7 Å². The highest BCUT2D eigenvalue weighted by Gasteiger charge is 2.63. The van der Waals surface area contributed by atoms with Gasteiger partial charge in [-0.2, -0.15) is 0 Å². The van der Waals surface area contributed by atoms with E-state index in [4.69, 9.17) is 0 Å². The van der Waals surface area contributed by atoms with Gasteiger partial charge in [0.25, 0.3) is 0 Å². The van der Waals surface area contributed by atoms with Crippen molar-refractivity contribution in [1.82, 2.24) is 0 Å². The van der Waals surface area contributed by atoms with E-state index in [9.17, 15) is 19.5 Å². The van der Waals surface area contributed by atoms with Gasteiger partial charge in [-0.15, -0.1) is 0 Å². The molecule has 0 aliphatic heterocycles. The Kier molecular flexibility index (Phi) is 3.81. The van der Waals surface area contributed by atoms with Crippen LogP contribution in [-0.2, 0) is 14.4 Å². The van der Waals surface area contributed by atoms with Crippen LogP contribution in [0, 0.1) is 40.4 Å². The Labute approximate surface area is 149 Å². The lowest BCUT2D eigenvalue weighted by molar-refractivity contribution is -0.167. The lowest BCUT2D eigenvalue weighted by atomic mass is 9.44. The number of ketones is 3. The summed E-state index contributed by atoms with van der Waals surface area (Å²) in [5.74, 6) is 1.42. The van der Waals surface area contributed by atoms with Crippen molar-refractivity contribution < 1.29 is 19.5 Å². The van der Waals surface area contributed by atoms with Crippen LogP contribution in [-0.4, -0.2) is 28.6 Å². The molecule has 4 fully saturated rings. The van der Waals surface area contributed by atoms with E-state index in [1.54, 1.807) is 6.92 Å². The minimum atomic E-state index is -0.908. The number of hydrogen-bond donors (Lipinski definition) is 1. The Morgan fingerprint density at radius 3 is 2.36 bits per heavy atom. The molecule has 0 saturated heterocycles. The first-order valence-corrected chi connectivity index (χ1v) is 9.92. The molecule has 1 N–H and O–H groups in total. The van der Waals surface area contributed by atoms with Crippen molar-refractivity contribution in [2.24, 2.45) is 40.4 Å². The molecule has 4 aliphatic carbocycles. The van der Waals surface area contributed by atoms with Gasteiger partial charge in [0.05, 0.1) is 0 Å². The predicted molar refractivity (Wildman–Crippen MR) is 92.7 cm³/mol. The van der Waals surface area contributed by atoms with Crippen molar-refractivity contribution in [3.8, 4) is 0 Å². The number of fused-ring (bicyclic) bond motifs is 5. The van der Waals surface area contributed by atoms with Crippen molar-refractivity contribution in [3.05, 3.63) is 0 Å². The van der Waals surface area contributed by atoms with Crippen LogP contribution in [0.3, 0.4) is 0 Å². The van der Waals surface area contributed by atoms with Gasteiger partial charge in [-0.3, -0.25) is 14.4 Å². The highest BCUT2D eigenvalue weighted by Crippen LogP contribution is 2.66. The molecule has 0 bridgehead atoms. The molecule has 4 rings (SSSR count). The average molecular weight is 346 g/mol. The second-order valence-corrected chi connectivity index (χ2v) is 9.78. The van der Waals surface area contributed by atoms with E-state index in [2.05, 4.69) is 13.8 Å². The van der Waals surface area contributed by atoms with Crippen LogP contribution in [0.2, 0.25) is 0 Å². The molecule has 0 unspecified atom stereocenters. The second-order valence-electron chi connectivity index (χ2n) is 9.78. The smallest absolute Gasteiger partial charge is 0.162 e. The maximum absolute atomic E-state index is 12.9. The third-order valence-corrected chi connectivity index (χ3v) is 8.81. The van der Waals surface area contributed by atoms with E-state index in [1.165, 1.54) is 0 Å². The monoisotopic (exact) mass is 346 g/mol. The van der Waals surface area contributed by atoms with Crippen LogP contribution in [0.25, 0.3) is 0 Å². The summed E-state index contributed by atoms with van der Waals surface area (Å²) < 4.78 is 0. The van der Waals surface area contributed by atoms with Crippen LogP contribution in [0.1, 0.15) is 65.7 Å². The molecule has 0 spiro atoms. The highest BCUT2D eigenvalue weighted by molar-refractivity contribution is 5.92. The number of aliphatic hydroxyl groups excluding tert-OH is 1. The van der Waals surface area contributed by atoms with Crippen molar-refractivity contribution in [3.63, 3.8) is 0 Å². The summed E-state index contributed by atoms with van der Waals surface area (Å²) in [6.45, 7) is 6.13. The summed E-state index contributed by atoms with van der Waals surface area (Å²) in [5.41, 5.74) is -0.234. The van der Waals surface area contributed by atoms with Gasteiger partial charge >= 0.3 is 0 Å². The zero-order chi connectivity index (χ0) is 18.1. The molecular formula is C21H30O4. The number of carbonyl (C=O) groups is 3. The molecule has 0 heterocycles. The first-order chi connectivity index (χ1) is 11.7. The minimum Gasteiger partial charge on any atom is -0.385 e. The van der Waals surface area contributed by atoms with Crippen LogP contribution in [0.15, 0.2) is 0 Å². The number of aliphatic hydroxyl groups is 1. The van der Waals surface area contributed by atoms with Gasteiger partial charge in [0.15, 0.2) is 5.78 Å². The first-order valence-electron chi connectivity index (χ1n) is 9.92. The Bertz CT molecular complexity index is 640. The molecule has 0 amide bonds. The van der Waals surface area contributed by atoms with Crippen molar-refractivity contribution >= 4 is 17.3 Å². The Balaban J connectivity index is 1.69. The van der Waals surface area contributed by atoms with Gasteiger partial charge in [0, 0.05) is 24.7 Å². The summed E-state index contributed by atoms with van der Waals surface area (Å²) in [6, 6.07) is 0. The normalized spacial score (nSPS) is 52.3. The lowest BCUT2D eigenvalue weighted by Crippen LogP contribution is -2.59. The fourth-order valence-electron chi connectivity index (χ4n) is 7.57. The molecule has 0 aromatic rings. The SMILES string of the molecule is CC(=O)[C@H]1CC[C@H]2[C@@H]3CC(=O)[C@H]4CC(=O)[C@H](O)C[C@]4(C)[C@H]3CC[C@]12C. The molecule has 8 atom stereocenters. The zero-order valence-electron chi connectivity index (χ0n) is 15.6. The van der Waals surface area contributed by atoms with Gasteiger partial charge in [-0.05, 0) is 67.6 Å². The third-order valence-electron chi connectivity index (χ3n) is 8.81. The molecular weight excluding hydrogens is 316 g/mol. The standard InChI is InChI=1S/C21H30O4/c1-11(22)13-4-5-14-12-8-17(23)16-9-18(24)19(25)10-21(16,3)15(12)6-7-20(13,14)2/h12-16,19,25H,4-10H2,1-3H3/t12-,13+,14-,15-,16+,19+,20+,21+/m0/s1. The van der Waals surface area contributed by atoms with Gasteiger partial charge in [0.1, 0.15) is 17.7 Å². The molecule has 4 heteroatoms. The predicted octanol–water partition coefficient (Wildman–Crippen LogP) is 2.95. The number of carbonyl (C=O) groups excluding carboxylic acids is 3. The molecule has 0 aromatic carbocycles. The number of rotatable bonds is 1. The third kappa shape index (κ3) is 2.25. The van der Waals surface area contributed by atoms with Gasteiger partial charge < -0.3 is 5.11 Å². The summed E-state index contributed by atoms with van der Waals surface area (Å²) in [5, 5.41) is 10.2.